The molecule has 142 valence electrons. The average molecular weight is 371 g/mol. The van der Waals surface area contributed by atoms with E-state index in [1.165, 1.54) is 40.2 Å². The number of carbonyl (C=O) groups is 3. The molecule has 0 bridgehead atoms. The van der Waals surface area contributed by atoms with Crippen LogP contribution in [0.1, 0.15) is 34.6 Å². The Kier molecular flexibility index (Phi) is 6.54. The number of hydrogen-bond acceptors (Lipinski definition) is 6. The number of anilines is 1. The monoisotopic (exact) mass is 371 g/mol. The van der Waals surface area contributed by atoms with Gasteiger partial charge in [-0.05, 0) is 44.2 Å². The standard InChI is InChI=1S/C20H21NO6/c1-12(22)14-6-5-7-16(10-14)21-19(23)13(2)27-20(24)15-8-9-17(25-3)18(11-15)26-4/h5-11,13H,1-4H3,(H,21,23)/t13-/m1/s1. The number of rotatable bonds is 7. The molecule has 0 aliphatic rings. The molecule has 1 atom stereocenters. The number of ketones is 1. The van der Waals surface area contributed by atoms with Gasteiger partial charge in [-0.15, -0.1) is 0 Å². The first kappa shape index (κ1) is 20.0. The zero-order valence-electron chi connectivity index (χ0n) is 15.6. The number of benzene rings is 2. The van der Waals surface area contributed by atoms with Gasteiger partial charge in [-0.3, -0.25) is 9.59 Å². The van der Waals surface area contributed by atoms with Crippen LogP contribution in [0.3, 0.4) is 0 Å². The lowest BCUT2D eigenvalue weighted by Crippen LogP contribution is -2.30. The first-order valence-corrected chi connectivity index (χ1v) is 8.20. The van der Waals surface area contributed by atoms with Gasteiger partial charge in [0.1, 0.15) is 0 Å². The van der Waals surface area contributed by atoms with Crippen molar-refractivity contribution in [3.8, 4) is 11.5 Å². The summed E-state index contributed by atoms with van der Waals surface area (Å²) in [5, 5.41) is 2.62. The van der Waals surface area contributed by atoms with Crippen LogP contribution in [0.5, 0.6) is 11.5 Å². The molecular weight excluding hydrogens is 350 g/mol. The lowest BCUT2D eigenvalue weighted by atomic mass is 10.1. The summed E-state index contributed by atoms with van der Waals surface area (Å²) in [6.07, 6.45) is -1.04. The van der Waals surface area contributed by atoms with E-state index in [0.717, 1.165) is 0 Å². The molecule has 27 heavy (non-hydrogen) atoms. The third-order valence-electron chi connectivity index (χ3n) is 3.81. The minimum atomic E-state index is -1.04. The van der Waals surface area contributed by atoms with Gasteiger partial charge in [0.25, 0.3) is 5.91 Å². The quantitative estimate of drug-likeness (QED) is 0.594. The van der Waals surface area contributed by atoms with E-state index in [0.29, 0.717) is 22.7 Å². The molecule has 0 unspecified atom stereocenters. The summed E-state index contributed by atoms with van der Waals surface area (Å²) in [5.41, 5.74) is 1.15. The van der Waals surface area contributed by atoms with Crippen molar-refractivity contribution < 1.29 is 28.6 Å². The summed E-state index contributed by atoms with van der Waals surface area (Å²) in [6, 6.07) is 11.1. The van der Waals surface area contributed by atoms with E-state index in [2.05, 4.69) is 5.32 Å². The van der Waals surface area contributed by atoms with Crippen LogP contribution in [0, 0.1) is 0 Å². The minimum Gasteiger partial charge on any atom is -0.493 e. The van der Waals surface area contributed by atoms with Crippen molar-refractivity contribution in [2.75, 3.05) is 19.5 Å². The van der Waals surface area contributed by atoms with Crippen molar-refractivity contribution in [2.24, 2.45) is 0 Å². The number of amides is 1. The Labute approximate surface area is 157 Å². The summed E-state index contributed by atoms with van der Waals surface area (Å²) in [6.45, 7) is 2.90. The van der Waals surface area contributed by atoms with Crippen LogP contribution in [-0.2, 0) is 9.53 Å². The maximum absolute atomic E-state index is 12.3. The van der Waals surface area contributed by atoms with Gasteiger partial charge >= 0.3 is 5.97 Å². The molecule has 0 heterocycles. The van der Waals surface area contributed by atoms with E-state index in [1.54, 1.807) is 30.3 Å². The smallest absolute Gasteiger partial charge is 0.339 e. The maximum atomic E-state index is 12.3. The molecule has 0 spiro atoms. The zero-order chi connectivity index (χ0) is 20.0. The number of nitrogens with one attached hydrogen (secondary N) is 1. The van der Waals surface area contributed by atoms with Gasteiger partial charge in [-0.25, -0.2) is 4.79 Å². The highest BCUT2D eigenvalue weighted by Gasteiger charge is 2.20. The summed E-state index contributed by atoms with van der Waals surface area (Å²) in [5.74, 6) is -0.435. The summed E-state index contributed by atoms with van der Waals surface area (Å²) in [7, 11) is 2.95. The molecule has 2 aromatic carbocycles. The molecule has 1 amide bonds. The predicted molar refractivity (Wildman–Crippen MR) is 99.5 cm³/mol. The molecule has 1 N–H and O–H groups in total. The van der Waals surface area contributed by atoms with Crippen molar-refractivity contribution in [2.45, 2.75) is 20.0 Å². The zero-order valence-corrected chi connectivity index (χ0v) is 15.6. The van der Waals surface area contributed by atoms with Crippen LogP contribution in [0.25, 0.3) is 0 Å². The number of ether oxygens (including phenoxy) is 3. The number of esters is 1. The van der Waals surface area contributed by atoms with Crippen molar-refractivity contribution in [1.29, 1.82) is 0 Å². The van der Waals surface area contributed by atoms with Gasteiger partial charge < -0.3 is 19.5 Å². The molecular formula is C20H21NO6. The Morgan fingerprint density at radius 3 is 2.26 bits per heavy atom. The van der Waals surface area contributed by atoms with Crippen molar-refractivity contribution in [1.82, 2.24) is 0 Å². The van der Waals surface area contributed by atoms with Crippen LogP contribution in [0.4, 0.5) is 5.69 Å². The average Bonchev–Trinajstić information content (AvgIpc) is 2.67. The second-order valence-electron chi connectivity index (χ2n) is 5.74. The third kappa shape index (κ3) is 5.07. The molecule has 7 heteroatoms. The van der Waals surface area contributed by atoms with Crippen molar-refractivity contribution >= 4 is 23.3 Å². The van der Waals surface area contributed by atoms with E-state index in [9.17, 15) is 14.4 Å². The van der Waals surface area contributed by atoms with Crippen LogP contribution in [0.15, 0.2) is 42.5 Å². The van der Waals surface area contributed by atoms with E-state index >= 15 is 0 Å². The summed E-state index contributed by atoms with van der Waals surface area (Å²) < 4.78 is 15.5. The maximum Gasteiger partial charge on any atom is 0.339 e. The molecule has 0 fully saturated rings. The third-order valence-corrected chi connectivity index (χ3v) is 3.81. The fourth-order valence-corrected chi connectivity index (χ4v) is 2.31. The number of hydrogen-bond donors (Lipinski definition) is 1. The molecule has 0 aromatic heterocycles. The Morgan fingerprint density at radius 1 is 0.926 bits per heavy atom. The lowest BCUT2D eigenvalue weighted by Gasteiger charge is -2.15. The van der Waals surface area contributed by atoms with E-state index in [-0.39, 0.29) is 11.3 Å². The van der Waals surface area contributed by atoms with Crippen LogP contribution in [0.2, 0.25) is 0 Å². The number of methoxy groups -OCH3 is 2. The highest BCUT2D eigenvalue weighted by Crippen LogP contribution is 2.28. The lowest BCUT2D eigenvalue weighted by molar-refractivity contribution is -0.123. The molecule has 0 aliphatic carbocycles. The Bertz CT molecular complexity index is 861. The first-order valence-electron chi connectivity index (χ1n) is 8.20. The van der Waals surface area contributed by atoms with Gasteiger partial charge in [-0.1, -0.05) is 12.1 Å². The van der Waals surface area contributed by atoms with E-state index < -0.39 is 18.0 Å². The van der Waals surface area contributed by atoms with Gasteiger partial charge in [0.2, 0.25) is 0 Å². The molecule has 2 rings (SSSR count). The number of Topliss-reactive ketones (excluding diaryl/α,β-unsaturated/α-hetero) is 1. The van der Waals surface area contributed by atoms with Crippen LogP contribution < -0.4 is 14.8 Å². The molecule has 7 nitrogen and oxygen atoms in total. The summed E-state index contributed by atoms with van der Waals surface area (Å²) >= 11 is 0. The van der Waals surface area contributed by atoms with Crippen molar-refractivity contribution in [3.63, 3.8) is 0 Å². The largest absolute Gasteiger partial charge is 0.493 e. The second-order valence-corrected chi connectivity index (χ2v) is 5.74. The minimum absolute atomic E-state index is 0.112. The van der Waals surface area contributed by atoms with Crippen LogP contribution >= 0.6 is 0 Å². The highest BCUT2D eigenvalue weighted by molar-refractivity contribution is 5.99. The molecule has 0 saturated carbocycles. The van der Waals surface area contributed by atoms with Crippen LogP contribution in [-0.4, -0.2) is 38.0 Å². The second kappa shape index (κ2) is 8.84. The predicted octanol–water partition coefficient (Wildman–Crippen LogP) is 3.09. The Morgan fingerprint density at radius 2 is 1.63 bits per heavy atom. The number of carbonyl (C=O) groups excluding carboxylic acids is 3. The fourth-order valence-electron chi connectivity index (χ4n) is 2.31. The summed E-state index contributed by atoms with van der Waals surface area (Å²) in [4.78, 5) is 36.0. The normalized spacial score (nSPS) is 11.3. The van der Waals surface area contributed by atoms with Gasteiger partial charge in [0, 0.05) is 11.3 Å². The molecule has 0 aliphatic heterocycles. The van der Waals surface area contributed by atoms with Crippen molar-refractivity contribution in [3.05, 3.63) is 53.6 Å². The molecule has 0 radical (unpaired) electrons. The molecule has 2 aromatic rings. The first-order chi connectivity index (χ1) is 12.8. The highest BCUT2D eigenvalue weighted by atomic mass is 16.5. The van der Waals surface area contributed by atoms with Gasteiger partial charge in [0.05, 0.1) is 19.8 Å². The van der Waals surface area contributed by atoms with Gasteiger partial charge in [0.15, 0.2) is 23.4 Å². The van der Waals surface area contributed by atoms with E-state index in [1.807, 2.05) is 0 Å². The SMILES string of the molecule is COc1ccc(C(=O)O[C@H](C)C(=O)Nc2cccc(C(C)=O)c2)cc1OC. The fraction of sp³-hybridized carbons (Fsp3) is 0.250. The Balaban J connectivity index is 2.04. The van der Waals surface area contributed by atoms with E-state index in [4.69, 9.17) is 14.2 Å². The Hall–Kier alpha value is -3.35. The van der Waals surface area contributed by atoms with Gasteiger partial charge in [-0.2, -0.15) is 0 Å². The topological polar surface area (TPSA) is 90.9 Å². The molecule has 0 saturated heterocycles.